The zero-order valence-electron chi connectivity index (χ0n) is 11.9. The van der Waals surface area contributed by atoms with E-state index >= 15 is 0 Å². The standard InChI is InChI=1S/C15H15Cl3N2O2/c1-2-3-4-12-19-14(18)13(15(21)22)20(12)8-9-5-10(16)7-11(17)6-9/h5-7H,2-4,8H2,1H3,(H,21,22). The van der Waals surface area contributed by atoms with Gasteiger partial charge in [-0.3, -0.25) is 0 Å². The lowest BCUT2D eigenvalue weighted by Gasteiger charge is -2.11. The first-order chi connectivity index (χ1) is 10.4. The maximum absolute atomic E-state index is 11.5. The van der Waals surface area contributed by atoms with Gasteiger partial charge in [0.25, 0.3) is 0 Å². The lowest BCUT2D eigenvalue weighted by Crippen LogP contribution is -2.13. The third kappa shape index (κ3) is 3.94. The molecule has 0 unspecified atom stereocenters. The number of benzene rings is 1. The molecule has 4 nitrogen and oxygen atoms in total. The average Bonchev–Trinajstić information content (AvgIpc) is 2.71. The molecule has 0 amide bonds. The van der Waals surface area contributed by atoms with Crippen LogP contribution < -0.4 is 0 Å². The Bertz CT molecular complexity index is 678. The van der Waals surface area contributed by atoms with Crippen molar-refractivity contribution in [1.29, 1.82) is 0 Å². The van der Waals surface area contributed by atoms with Gasteiger partial charge in [-0.2, -0.15) is 0 Å². The minimum Gasteiger partial charge on any atom is -0.476 e. The first kappa shape index (κ1) is 17.1. The molecule has 22 heavy (non-hydrogen) atoms. The molecule has 2 aromatic rings. The van der Waals surface area contributed by atoms with Gasteiger partial charge in [0.15, 0.2) is 10.8 Å². The predicted molar refractivity (Wildman–Crippen MR) is 88.4 cm³/mol. The van der Waals surface area contributed by atoms with Gasteiger partial charge in [-0.1, -0.05) is 48.1 Å². The number of hydrogen-bond acceptors (Lipinski definition) is 2. The van der Waals surface area contributed by atoms with Crippen molar-refractivity contribution in [3.8, 4) is 0 Å². The quantitative estimate of drug-likeness (QED) is 0.793. The molecule has 0 aliphatic carbocycles. The number of rotatable bonds is 6. The van der Waals surface area contributed by atoms with Crippen molar-refractivity contribution in [1.82, 2.24) is 9.55 Å². The van der Waals surface area contributed by atoms with Gasteiger partial charge in [-0.25, -0.2) is 9.78 Å². The molecule has 0 aliphatic heterocycles. The summed E-state index contributed by atoms with van der Waals surface area (Å²) in [5.74, 6) is -0.450. The van der Waals surface area contributed by atoms with Gasteiger partial charge < -0.3 is 9.67 Å². The Morgan fingerprint density at radius 1 is 1.23 bits per heavy atom. The van der Waals surface area contributed by atoms with E-state index in [9.17, 15) is 9.90 Å². The Labute approximate surface area is 143 Å². The molecule has 0 saturated heterocycles. The highest BCUT2D eigenvalue weighted by Gasteiger charge is 2.21. The Morgan fingerprint density at radius 2 is 1.86 bits per heavy atom. The van der Waals surface area contributed by atoms with Crippen LogP contribution in [0.25, 0.3) is 0 Å². The normalized spacial score (nSPS) is 10.9. The molecule has 1 heterocycles. The highest BCUT2D eigenvalue weighted by molar-refractivity contribution is 6.34. The average molecular weight is 362 g/mol. The van der Waals surface area contributed by atoms with E-state index in [1.165, 1.54) is 0 Å². The second-order valence-electron chi connectivity index (χ2n) is 4.94. The van der Waals surface area contributed by atoms with Gasteiger partial charge in [-0.15, -0.1) is 0 Å². The molecular formula is C15H15Cl3N2O2. The summed E-state index contributed by atoms with van der Waals surface area (Å²) in [6.45, 7) is 2.37. The van der Waals surface area contributed by atoms with E-state index in [1.807, 2.05) is 0 Å². The molecule has 0 spiro atoms. The van der Waals surface area contributed by atoms with Gasteiger partial charge in [0.2, 0.25) is 0 Å². The predicted octanol–water partition coefficient (Wildman–Crippen LogP) is 4.93. The maximum Gasteiger partial charge on any atom is 0.355 e. The number of aromatic nitrogens is 2. The van der Waals surface area contributed by atoms with Crippen LogP contribution in [0, 0.1) is 0 Å². The molecule has 0 fully saturated rings. The van der Waals surface area contributed by atoms with Crippen molar-refractivity contribution < 1.29 is 9.90 Å². The fourth-order valence-electron chi connectivity index (χ4n) is 2.25. The first-order valence-electron chi connectivity index (χ1n) is 6.85. The van der Waals surface area contributed by atoms with Crippen LogP contribution in [0.15, 0.2) is 18.2 Å². The van der Waals surface area contributed by atoms with Gasteiger partial charge in [0.05, 0.1) is 0 Å². The van der Waals surface area contributed by atoms with E-state index in [0.29, 0.717) is 28.8 Å². The number of carboxylic acid groups (broad SMARTS) is 1. The Balaban J connectivity index is 2.44. The number of aromatic carboxylic acids is 1. The molecular weight excluding hydrogens is 347 g/mol. The zero-order valence-corrected chi connectivity index (χ0v) is 14.2. The SMILES string of the molecule is CCCCc1nc(Cl)c(C(=O)O)n1Cc1cc(Cl)cc(Cl)c1. The maximum atomic E-state index is 11.5. The highest BCUT2D eigenvalue weighted by atomic mass is 35.5. The van der Waals surface area contributed by atoms with Crippen LogP contribution in [-0.2, 0) is 13.0 Å². The monoisotopic (exact) mass is 360 g/mol. The van der Waals surface area contributed by atoms with Crippen LogP contribution in [0.5, 0.6) is 0 Å². The fourth-order valence-corrected chi connectivity index (χ4v) is 3.10. The zero-order chi connectivity index (χ0) is 16.3. The topological polar surface area (TPSA) is 55.1 Å². The van der Waals surface area contributed by atoms with Crippen molar-refractivity contribution in [3.05, 3.63) is 50.5 Å². The van der Waals surface area contributed by atoms with Crippen LogP contribution in [0.2, 0.25) is 15.2 Å². The third-order valence-electron chi connectivity index (χ3n) is 3.22. The van der Waals surface area contributed by atoms with Crippen molar-refractivity contribution in [2.45, 2.75) is 32.7 Å². The lowest BCUT2D eigenvalue weighted by atomic mass is 10.2. The summed E-state index contributed by atoms with van der Waals surface area (Å²) in [5.41, 5.74) is 0.788. The van der Waals surface area contributed by atoms with Crippen LogP contribution in [0.1, 0.15) is 41.6 Å². The molecule has 7 heteroatoms. The highest BCUT2D eigenvalue weighted by Crippen LogP contribution is 2.24. The summed E-state index contributed by atoms with van der Waals surface area (Å²) in [6, 6.07) is 5.12. The molecule has 0 atom stereocenters. The number of hydrogen-bond donors (Lipinski definition) is 1. The van der Waals surface area contributed by atoms with Crippen LogP contribution in [0.3, 0.4) is 0 Å². The molecule has 2 rings (SSSR count). The summed E-state index contributed by atoms with van der Waals surface area (Å²) >= 11 is 18.0. The van der Waals surface area contributed by atoms with E-state index in [0.717, 1.165) is 18.4 Å². The summed E-state index contributed by atoms with van der Waals surface area (Å²) in [4.78, 5) is 15.6. The van der Waals surface area contributed by atoms with Gasteiger partial charge in [0, 0.05) is 23.0 Å². The lowest BCUT2D eigenvalue weighted by molar-refractivity contribution is 0.0685. The summed E-state index contributed by atoms with van der Waals surface area (Å²) in [5, 5.41) is 10.4. The van der Waals surface area contributed by atoms with Gasteiger partial charge in [0.1, 0.15) is 5.82 Å². The van der Waals surface area contributed by atoms with E-state index in [4.69, 9.17) is 34.8 Å². The number of carboxylic acids is 1. The fraction of sp³-hybridized carbons (Fsp3) is 0.333. The van der Waals surface area contributed by atoms with Gasteiger partial charge in [-0.05, 0) is 30.2 Å². The van der Waals surface area contributed by atoms with E-state index in [-0.39, 0.29) is 10.8 Å². The Morgan fingerprint density at radius 3 is 2.41 bits per heavy atom. The molecule has 0 aliphatic rings. The minimum absolute atomic E-state index is 0.00623. The Hall–Kier alpha value is -1.23. The van der Waals surface area contributed by atoms with Crippen molar-refractivity contribution in [2.75, 3.05) is 0 Å². The number of nitrogens with zero attached hydrogens (tertiary/aromatic N) is 2. The van der Waals surface area contributed by atoms with Gasteiger partial charge >= 0.3 is 5.97 Å². The number of carbonyl (C=O) groups is 1. The Kier molecular flexibility index (Phi) is 5.73. The van der Waals surface area contributed by atoms with Crippen molar-refractivity contribution in [3.63, 3.8) is 0 Å². The number of unbranched alkanes of at least 4 members (excludes halogenated alkanes) is 1. The number of aryl methyl sites for hydroxylation is 1. The summed E-state index contributed by atoms with van der Waals surface area (Å²) < 4.78 is 1.61. The number of imidazole rings is 1. The van der Waals surface area contributed by atoms with Crippen LogP contribution in [0.4, 0.5) is 0 Å². The molecule has 1 aromatic heterocycles. The smallest absolute Gasteiger partial charge is 0.355 e. The second-order valence-corrected chi connectivity index (χ2v) is 6.17. The third-order valence-corrected chi connectivity index (χ3v) is 3.92. The van der Waals surface area contributed by atoms with Crippen LogP contribution >= 0.6 is 34.8 Å². The van der Waals surface area contributed by atoms with Crippen molar-refractivity contribution >= 4 is 40.8 Å². The van der Waals surface area contributed by atoms with Crippen LogP contribution in [-0.4, -0.2) is 20.6 Å². The molecule has 0 radical (unpaired) electrons. The van der Waals surface area contributed by atoms with E-state index in [2.05, 4.69) is 11.9 Å². The first-order valence-corrected chi connectivity index (χ1v) is 7.99. The molecule has 118 valence electrons. The molecule has 0 saturated carbocycles. The molecule has 0 bridgehead atoms. The second kappa shape index (κ2) is 7.36. The summed E-state index contributed by atoms with van der Waals surface area (Å²) in [7, 11) is 0. The van der Waals surface area contributed by atoms with E-state index in [1.54, 1.807) is 22.8 Å². The molecule has 1 aromatic carbocycles. The minimum atomic E-state index is -1.10. The largest absolute Gasteiger partial charge is 0.476 e. The molecule has 1 N–H and O–H groups in total. The number of halogens is 3. The van der Waals surface area contributed by atoms with E-state index < -0.39 is 5.97 Å². The van der Waals surface area contributed by atoms with Crippen molar-refractivity contribution in [2.24, 2.45) is 0 Å². The summed E-state index contributed by atoms with van der Waals surface area (Å²) in [6.07, 6.45) is 2.55.